The van der Waals surface area contributed by atoms with E-state index in [0.717, 1.165) is 0 Å². The number of carbonyl (C=O) groups excluding carboxylic acids is 3. The van der Waals surface area contributed by atoms with Gasteiger partial charge in [-0.2, -0.15) is 5.26 Å². The van der Waals surface area contributed by atoms with Gasteiger partial charge in [0.1, 0.15) is 31.2 Å². The first-order valence-corrected chi connectivity index (χ1v) is 12.4. The molecule has 38 heavy (non-hydrogen) atoms. The Bertz CT molecular complexity index is 1170. The molecule has 0 saturated carbocycles. The van der Waals surface area contributed by atoms with Crippen LogP contribution in [-0.2, 0) is 28.5 Å². The Kier molecular flexibility index (Phi) is 8.94. The summed E-state index contributed by atoms with van der Waals surface area (Å²) in [6, 6.07) is 14.5. The number of ether oxygens (including phenoxy) is 6. The zero-order chi connectivity index (χ0) is 27.1. The van der Waals surface area contributed by atoms with Crippen LogP contribution in [0.5, 0.6) is 5.75 Å². The molecule has 0 aliphatic carbocycles. The number of nitrogens with zero attached hydrogens (tertiary/aromatic N) is 1. The van der Waals surface area contributed by atoms with Crippen molar-refractivity contribution in [3.05, 3.63) is 65.2 Å². The van der Waals surface area contributed by atoms with Crippen LogP contribution >= 0.6 is 0 Å². The minimum atomic E-state index is -0.651. The first kappa shape index (κ1) is 27.1. The van der Waals surface area contributed by atoms with E-state index >= 15 is 0 Å². The number of hydrogen-bond acceptors (Lipinski definition) is 10. The minimum Gasteiger partial charge on any atom is -0.490 e. The maximum atomic E-state index is 12.7. The standard InChI is InChI=1S/C28H29NO9/c1-3-17(2)26(30)34-13-12-33-21-10-8-20(9-11-21)28(32)38-23-16-36-24-22(15-35-25(23)24)37-27(31)19-6-4-18(14-29)5-7-19/h4-11,17,22-25H,3,12-13,15-16H2,1-2H3/t17?,22-,23+,24?,25?/m0/s1. The van der Waals surface area contributed by atoms with E-state index in [2.05, 4.69) is 0 Å². The van der Waals surface area contributed by atoms with Crippen LogP contribution in [0.1, 0.15) is 46.5 Å². The van der Waals surface area contributed by atoms with Crippen LogP contribution in [0.2, 0.25) is 0 Å². The highest BCUT2D eigenvalue weighted by Crippen LogP contribution is 2.31. The van der Waals surface area contributed by atoms with E-state index in [1.165, 1.54) is 24.3 Å². The highest BCUT2D eigenvalue weighted by atomic mass is 16.7. The van der Waals surface area contributed by atoms with Crippen LogP contribution in [0.25, 0.3) is 0 Å². The monoisotopic (exact) mass is 523 g/mol. The number of hydrogen-bond donors (Lipinski definition) is 0. The fraction of sp³-hybridized carbons (Fsp3) is 0.429. The Morgan fingerprint density at radius 1 is 0.895 bits per heavy atom. The third-order valence-electron chi connectivity index (χ3n) is 6.43. The third kappa shape index (κ3) is 6.49. The second kappa shape index (κ2) is 12.5. The Morgan fingerprint density at radius 3 is 1.92 bits per heavy atom. The van der Waals surface area contributed by atoms with Crippen molar-refractivity contribution < 1.29 is 42.8 Å². The highest BCUT2D eigenvalue weighted by molar-refractivity contribution is 5.90. The van der Waals surface area contributed by atoms with Gasteiger partial charge < -0.3 is 28.4 Å². The second-order valence-corrected chi connectivity index (χ2v) is 9.02. The van der Waals surface area contributed by atoms with Gasteiger partial charge in [0.05, 0.1) is 41.9 Å². The lowest BCUT2D eigenvalue weighted by Gasteiger charge is -2.17. The molecule has 5 atom stereocenters. The van der Waals surface area contributed by atoms with Gasteiger partial charge in [-0.3, -0.25) is 4.79 Å². The molecule has 10 nitrogen and oxygen atoms in total. The second-order valence-electron chi connectivity index (χ2n) is 9.02. The summed E-state index contributed by atoms with van der Waals surface area (Å²) in [6.07, 6.45) is -1.69. The lowest BCUT2D eigenvalue weighted by molar-refractivity contribution is -0.148. The predicted octanol–water partition coefficient (Wildman–Crippen LogP) is 3.07. The molecule has 2 heterocycles. The molecule has 2 aliphatic rings. The molecule has 3 unspecified atom stereocenters. The largest absolute Gasteiger partial charge is 0.490 e. The summed E-state index contributed by atoms with van der Waals surface area (Å²) in [5.41, 5.74) is 1.08. The molecular weight excluding hydrogens is 494 g/mol. The number of benzene rings is 2. The fourth-order valence-corrected chi connectivity index (χ4v) is 4.02. The van der Waals surface area contributed by atoms with Crippen molar-refractivity contribution in [3.8, 4) is 11.8 Å². The van der Waals surface area contributed by atoms with Gasteiger partial charge in [-0.15, -0.1) is 0 Å². The van der Waals surface area contributed by atoms with Crippen molar-refractivity contribution in [3.63, 3.8) is 0 Å². The van der Waals surface area contributed by atoms with Gasteiger partial charge in [0.25, 0.3) is 0 Å². The third-order valence-corrected chi connectivity index (χ3v) is 6.43. The van der Waals surface area contributed by atoms with Crippen molar-refractivity contribution in [2.75, 3.05) is 26.4 Å². The summed E-state index contributed by atoms with van der Waals surface area (Å²) in [5, 5.41) is 8.89. The molecule has 0 aromatic heterocycles. The summed E-state index contributed by atoms with van der Waals surface area (Å²) in [7, 11) is 0. The minimum absolute atomic E-state index is 0.114. The van der Waals surface area contributed by atoms with E-state index in [0.29, 0.717) is 28.9 Å². The average molecular weight is 524 g/mol. The van der Waals surface area contributed by atoms with E-state index in [1.807, 2.05) is 19.9 Å². The topological polar surface area (TPSA) is 130 Å². The number of nitriles is 1. The van der Waals surface area contributed by atoms with Crippen LogP contribution < -0.4 is 4.74 Å². The average Bonchev–Trinajstić information content (AvgIpc) is 3.53. The lowest BCUT2D eigenvalue weighted by Crippen LogP contribution is -2.36. The molecule has 10 heteroatoms. The van der Waals surface area contributed by atoms with E-state index in [9.17, 15) is 14.4 Å². The van der Waals surface area contributed by atoms with E-state index < -0.39 is 36.4 Å². The van der Waals surface area contributed by atoms with Gasteiger partial charge in [-0.25, -0.2) is 9.59 Å². The van der Waals surface area contributed by atoms with Crippen LogP contribution in [-0.4, -0.2) is 68.8 Å². The maximum absolute atomic E-state index is 12.7. The maximum Gasteiger partial charge on any atom is 0.338 e. The van der Waals surface area contributed by atoms with Gasteiger partial charge in [0.15, 0.2) is 12.2 Å². The van der Waals surface area contributed by atoms with E-state index in [-0.39, 0.29) is 38.3 Å². The SMILES string of the molecule is CCC(C)C(=O)OCCOc1ccc(C(=O)O[C@@H]2COC3C2OC[C@@H]3OC(=O)c2ccc(C#N)cc2)cc1. The molecule has 2 aromatic carbocycles. The van der Waals surface area contributed by atoms with Crippen molar-refractivity contribution in [1.82, 2.24) is 0 Å². The fourth-order valence-electron chi connectivity index (χ4n) is 4.02. The number of rotatable bonds is 10. The molecule has 0 bridgehead atoms. The molecule has 2 aromatic rings. The smallest absolute Gasteiger partial charge is 0.338 e. The summed E-state index contributed by atoms with van der Waals surface area (Å²) < 4.78 is 33.4. The van der Waals surface area contributed by atoms with Crippen molar-refractivity contribution in [1.29, 1.82) is 5.26 Å². The molecule has 0 amide bonds. The Balaban J connectivity index is 1.23. The van der Waals surface area contributed by atoms with E-state index in [1.54, 1.807) is 24.3 Å². The molecule has 200 valence electrons. The molecule has 2 saturated heterocycles. The van der Waals surface area contributed by atoms with Gasteiger partial charge in [-0.05, 0) is 55.0 Å². The number of fused-ring (bicyclic) bond motifs is 1. The Labute approximate surface area is 220 Å². The Morgan fingerprint density at radius 2 is 1.42 bits per heavy atom. The number of carbonyl (C=O) groups is 3. The lowest BCUT2D eigenvalue weighted by atomic mass is 10.1. The summed E-state index contributed by atoms with van der Waals surface area (Å²) in [4.78, 5) is 36.8. The van der Waals surface area contributed by atoms with Crippen molar-refractivity contribution in [2.24, 2.45) is 5.92 Å². The first-order valence-electron chi connectivity index (χ1n) is 12.4. The molecule has 4 rings (SSSR count). The van der Waals surface area contributed by atoms with E-state index in [4.69, 9.17) is 33.7 Å². The van der Waals surface area contributed by atoms with Crippen LogP contribution in [0, 0.1) is 17.2 Å². The van der Waals surface area contributed by atoms with Gasteiger partial charge in [0, 0.05) is 0 Å². The Hall–Kier alpha value is -3.94. The molecule has 0 radical (unpaired) electrons. The molecular formula is C28H29NO9. The zero-order valence-electron chi connectivity index (χ0n) is 21.2. The normalized spacial score (nSPS) is 22.6. The van der Waals surface area contributed by atoms with Crippen molar-refractivity contribution >= 4 is 17.9 Å². The molecule has 0 spiro atoms. The molecule has 2 aliphatic heterocycles. The van der Waals surface area contributed by atoms with Gasteiger partial charge in [0.2, 0.25) is 0 Å². The van der Waals surface area contributed by atoms with Crippen LogP contribution in [0.15, 0.2) is 48.5 Å². The predicted molar refractivity (Wildman–Crippen MR) is 131 cm³/mol. The van der Waals surface area contributed by atoms with Crippen LogP contribution in [0.4, 0.5) is 0 Å². The summed E-state index contributed by atoms with van der Waals surface area (Å²) >= 11 is 0. The van der Waals surface area contributed by atoms with Crippen LogP contribution in [0.3, 0.4) is 0 Å². The quantitative estimate of drug-likeness (QED) is 0.260. The highest BCUT2D eigenvalue weighted by Gasteiger charge is 2.51. The molecule has 0 N–H and O–H groups in total. The first-order chi connectivity index (χ1) is 18.4. The summed E-state index contributed by atoms with van der Waals surface area (Å²) in [6.45, 7) is 4.29. The van der Waals surface area contributed by atoms with Crippen molar-refractivity contribution in [2.45, 2.75) is 44.7 Å². The zero-order valence-corrected chi connectivity index (χ0v) is 21.2. The summed E-state index contributed by atoms with van der Waals surface area (Å²) in [5.74, 6) is -0.977. The number of esters is 3. The molecule has 2 fully saturated rings. The van der Waals surface area contributed by atoms with Gasteiger partial charge in [-0.1, -0.05) is 13.8 Å². The van der Waals surface area contributed by atoms with Gasteiger partial charge >= 0.3 is 17.9 Å².